The number of rotatable bonds is 5. The minimum Gasteiger partial charge on any atom is -0.339 e. The van der Waals surface area contributed by atoms with Crippen LogP contribution in [-0.2, 0) is 14.8 Å². The maximum Gasteiger partial charge on any atom is 0.252 e. The van der Waals surface area contributed by atoms with E-state index in [1.807, 2.05) is 13.0 Å². The number of halogens is 1. The Bertz CT molecular complexity index is 1220. The molecule has 1 aliphatic rings. The summed E-state index contributed by atoms with van der Waals surface area (Å²) in [6.45, 7) is 4.07. The molecule has 2 aromatic heterocycles. The van der Waals surface area contributed by atoms with E-state index in [2.05, 4.69) is 15.5 Å². The fraction of sp³-hybridized carbons (Fsp3) is 0.350. The lowest BCUT2D eigenvalue weighted by Crippen LogP contribution is -2.43. The van der Waals surface area contributed by atoms with Crippen LogP contribution in [0.4, 0.5) is 5.69 Å². The van der Waals surface area contributed by atoms with Gasteiger partial charge in [-0.2, -0.15) is 9.29 Å². The van der Waals surface area contributed by atoms with Crippen LogP contribution in [0.25, 0.3) is 11.4 Å². The molecule has 0 radical (unpaired) electrons. The van der Waals surface area contributed by atoms with E-state index in [1.165, 1.54) is 4.31 Å². The minimum absolute atomic E-state index is 0.117. The van der Waals surface area contributed by atoms with Gasteiger partial charge in [0.1, 0.15) is 4.21 Å². The first kappa shape index (κ1) is 21.9. The Morgan fingerprint density at radius 2 is 2.13 bits per heavy atom. The van der Waals surface area contributed by atoms with Gasteiger partial charge in [-0.25, -0.2) is 8.42 Å². The van der Waals surface area contributed by atoms with E-state index < -0.39 is 15.9 Å². The van der Waals surface area contributed by atoms with Crippen LogP contribution in [0.1, 0.15) is 24.3 Å². The number of aryl methyl sites for hydroxylation is 2. The Kier molecular flexibility index (Phi) is 6.16. The summed E-state index contributed by atoms with van der Waals surface area (Å²) >= 11 is 7.31. The second-order valence-corrected chi connectivity index (χ2v) is 10.9. The molecule has 0 unspecified atom stereocenters. The number of piperidine rings is 1. The number of carbonyl (C=O) groups excluding carboxylic acids is 1. The number of amides is 1. The highest BCUT2D eigenvalue weighted by Gasteiger charge is 2.34. The lowest BCUT2D eigenvalue weighted by Gasteiger charge is -2.30. The number of anilines is 1. The van der Waals surface area contributed by atoms with Gasteiger partial charge in [-0.1, -0.05) is 22.8 Å². The average Bonchev–Trinajstić information content (AvgIpc) is 3.39. The van der Waals surface area contributed by atoms with Gasteiger partial charge in [0, 0.05) is 31.0 Å². The molecule has 31 heavy (non-hydrogen) atoms. The Labute approximate surface area is 189 Å². The standard InChI is InChI=1S/C20H21ClN4O4S2/c1-12-5-6-17(16(21)8-12)23-20(26)14-4-3-7-25(10-14)31(27,28)18-9-15(11-30-18)19-22-13(2)29-24-19/h5-6,8-9,11,14H,3-4,7,10H2,1-2H3,(H,23,26)/t14-/m1/s1. The van der Waals surface area contributed by atoms with Gasteiger partial charge in [-0.3, -0.25) is 4.79 Å². The van der Waals surface area contributed by atoms with Crippen molar-refractivity contribution in [3.63, 3.8) is 0 Å². The first-order valence-electron chi connectivity index (χ1n) is 9.70. The topological polar surface area (TPSA) is 105 Å². The predicted octanol–water partition coefficient (Wildman–Crippen LogP) is 4.11. The molecule has 4 rings (SSSR count). The third-order valence-corrected chi connectivity index (χ3v) is 8.69. The highest BCUT2D eigenvalue weighted by Crippen LogP contribution is 2.32. The number of aromatic nitrogens is 2. The molecule has 1 aromatic carbocycles. The summed E-state index contributed by atoms with van der Waals surface area (Å²) in [5, 5.41) is 8.80. The second-order valence-electron chi connectivity index (χ2n) is 7.47. The molecule has 0 spiro atoms. The van der Waals surface area contributed by atoms with Crippen LogP contribution >= 0.6 is 22.9 Å². The zero-order valence-electron chi connectivity index (χ0n) is 17.0. The number of nitrogens with zero attached hydrogens (tertiary/aromatic N) is 3. The zero-order chi connectivity index (χ0) is 22.2. The molecule has 11 heteroatoms. The Morgan fingerprint density at radius 1 is 1.32 bits per heavy atom. The summed E-state index contributed by atoms with van der Waals surface area (Å²) in [7, 11) is -3.74. The first-order valence-corrected chi connectivity index (χ1v) is 12.4. The number of benzene rings is 1. The monoisotopic (exact) mass is 480 g/mol. The molecule has 0 saturated carbocycles. The van der Waals surface area contributed by atoms with E-state index >= 15 is 0 Å². The molecule has 0 aliphatic carbocycles. The Balaban J connectivity index is 1.48. The lowest BCUT2D eigenvalue weighted by atomic mass is 9.98. The summed E-state index contributed by atoms with van der Waals surface area (Å²) < 4.78 is 32.9. The van der Waals surface area contributed by atoms with Crippen molar-refractivity contribution in [3.05, 3.63) is 46.1 Å². The predicted molar refractivity (Wildman–Crippen MR) is 119 cm³/mol. The molecule has 164 valence electrons. The fourth-order valence-corrected chi connectivity index (χ4v) is 6.56. The SMILES string of the molecule is Cc1ccc(NC(=O)[C@@H]2CCCN(S(=O)(=O)c3cc(-c4noc(C)n4)cs3)C2)c(Cl)c1. The van der Waals surface area contributed by atoms with Crippen molar-refractivity contribution in [2.24, 2.45) is 5.92 Å². The summed E-state index contributed by atoms with van der Waals surface area (Å²) in [5.41, 5.74) is 2.10. The summed E-state index contributed by atoms with van der Waals surface area (Å²) in [6.07, 6.45) is 1.21. The average molecular weight is 481 g/mol. The highest BCUT2D eigenvalue weighted by molar-refractivity contribution is 7.91. The summed E-state index contributed by atoms with van der Waals surface area (Å²) in [6, 6.07) is 6.92. The molecule has 8 nitrogen and oxygen atoms in total. The van der Waals surface area contributed by atoms with Crippen molar-refractivity contribution in [1.82, 2.24) is 14.4 Å². The minimum atomic E-state index is -3.74. The first-order chi connectivity index (χ1) is 14.7. The smallest absolute Gasteiger partial charge is 0.252 e. The molecule has 0 bridgehead atoms. The maximum atomic E-state index is 13.2. The van der Waals surface area contributed by atoms with Gasteiger partial charge in [-0.15, -0.1) is 11.3 Å². The maximum absolute atomic E-state index is 13.2. The van der Waals surface area contributed by atoms with Crippen LogP contribution in [0.2, 0.25) is 5.02 Å². The molecule has 1 fully saturated rings. The van der Waals surface area contributed by atoms with Gasteiger partial charge in [0.25, 0.3) is 10.0 Å². The van der Waals surface area contributed by atoms with Crippen LogP contribution in [0.3, 0.4) is 0 Å². The van der Waals surface area contributed by atoms with E-state index in [4.69, 9.17) is 16.1 Å². The number of carbonyl (C=O) groups is 1. The van der Waals surface area contributed by atoms with Crippen molar-refractivity contribution in [3.8, 4) is 11.4 Å². The van der Waals surface area contributed by atoms with Gasteiger partial charge in [-0.05, 0) is 43.5 Å². The summed E-state index contributed by atoms with van der Waals surface area (Å²) in [4.78, 5) is 16.9. The van der Waals surface area contributed by atoms with E-state index in [0.717, 1.165) is 16.9 Å². The number of thiophene rings is 1. The molecule has 1 N–H and O–H groups in total. The molecule has 3 aromatic rings. The molecule has 1 saturated heterocycles. The highest BCUT2D eigenvalue weighted by atomic mass is 35.5. The molecule has 1 aliphatic heterocycles. The number of hydrogen-bond acceptors (Lipinski definition) is 7. The van der Waals surface area contributed by atoms with Crippen LogP contribution in [0.5, 0.6) is 0 Å². The number of nitrogens with one attached hydrogen (secondary N) is 1. The van der Waals surface area contributed by atoms with Crippen LogP contribution in [0.15, 0.2) is 38.4 Å². The Morgan fingerprint density at radius 3 is 2.84 bits per heavy atom. The molecule has 1 atom stereocenters. The molecular formula is C20H21ClN4O4S2. The second kappa shape index (κ2) is 8.70. The third kappa shape index (κ3) is 4.67. The van der Waals surface area contributed by atoms with E-state index in [1.54, 1.807) is 30.5 Å². The number of hydrogen-bond donors (Lipinski definition) is 1. The van der Waals surface area contributed by atoms with Gasteiger partial charge in [0.15, 0.2) is 0 Å². The van der Waals surface area contributed by atoms with Crippen molar-refractivity contribution in [1.29, 1.82) is 0 Å². The van der Waals surface area contributed by atoms with Gasteiger partial charge in [0.2, 0.25) is 17.6 Å². The van der Waals surface area contributed by atoms with Crippen LogP contribution in [0, 0.1) is 19.8 Å². The van der Waals surface area contributed by atoms with Crippen molar-refractivity contribution < 1.29 is 17.7 Å². The molecule has 1 amide bonds. The van der Waals surface area contributed by atoms with Gasteiger partial charge in [0.05, 0.1) is 16.6 Å². The summed E-state index contributed by atoms with van der Waals surface area (Å²) in [5.74, 6) is 0.0604. The van der Waals surface area contributed by atoms with Crippen LogP contribution in [-0.4, -0.2) is 41.9 Å². The van der Waals surface area contributed by atoms with Crippen LogP contribution < -0.4 is 5.32 Å². The van der Waals surface area contributed by atoms with Crippen molar-refractivity contribution in [2.45, 2.75) is 30.9 Å². The Hall–Kier alpha value is -2.27. The van der Waals surface area contributed by atoms with E-state index in [9.17, 15) is 13.2 Å². The van der Waals surface area contributed by atoms with Gasteiger partial charge < -0.3 is 9.84 Å². The number of sulfonamides is 1. The lowest BCUT2D eigenvalue weighted by molar-refractivity contribution is -0.120. The third-order valence-electron chi connectivity index (χ3n) is 5.09. The molecular weight excluding hydrogens is 460 g/mol. The normalized spacial score (nSPS) is 17.6. The largest absolute Gasteiger partial charge is 0.339 e. The van der Waals surface area contributed by atoms with Crippen molar-refractivity contribution in [2.75, 3.05) is 18.4 Å². The van der Waals surface area contributed by atoms with Crippen molar-refractivity contribution >= 4 is 44.6 Å². The van der Waals surface area contributed by atoms with E-state index in [0.29, 0.717) is 47.4 Å². The molecule has 3 heterocycles. The quantitative estimate of drug-likeness (QED) is 0.589. The fourth-order valence-electron chi connectivity index (χ4n) is 3.44. The van der Waals surface area contributed by atoms with E-state index in [-0.39, 0.29) is 16.7 Å². The zero-order valence-corrected chi connectivity index (χ0v) is 19.4. The van der Waals surface area contributed by atoms with Gasteiger partial charge >= 0.3 is 0 Å².